The van der Waals surface area contributed by atoms with E-state index in [1.165, 1.54) is 38.5 Å². The van der Waals surface area contributed by atoms with Crippen molar-refractivity contribution in [3.63, 3.8) is 0 Å². The van der Waals surface area contributed by atoms with Crippen LogP contribution in [0.1, 0.15) is 52.4 Å². The summed E-state index contributed by atoms with van der Waals surface area (Å²) in [6.07, 6.45) is 11.6. The van der Waals surface area contributed by atoms with Crippen molar-refractivity contribution < 1.29 is 37.0 Å². The van der Waals surface area contributed by atoms with E-state index < -0.39 is 0 Å². The first-order chi connectivity index (χ1) is 9.36. The topological polar surface area (TPSA) is 69.2 Å². The number of hydrogen-bond donors (Lipinski definition) is 0. The van der Waals surface area contributed by atoms with Gasteiger partial charge >= 0.3 is 21.7 Å². The van der Waals surface area contributed by atoms with Gasteiger partial charge in [0.15, 0.2) is 0 Å². The van der Waals surface area contributed by atoms with E-state index in [4.69, 9.17) is 15.3 Å². The molecule has 20 heavy (non-hydrogen) atoms. The van der Waals surface area contributed by atoms with E-state index >= 15 is 0 Å². The zero-order valence-corrected chi connectivity index (χ0v) is 15.1. The Labute approximate surface area is 139 Å². The molecule has 0 fully saturated rings. The van der Waals surface area contributed by atoms with Crippen molar-refractivity contribution in [2.45, 2.75) is 52.4 Å². The van der Waals surface area contributed by atoms with Crippen molar-refractivity contribution >= 4 is 0 Å². The Morgan fingerprint density at radius 3 is 1.90 bits per heavy atom. The number of allylic oxidation sites excluding steroid dienone is 4. The third kappa shape index (κ3) is 7.19. The molecule has 0 saturated carbocycles. The van der Waals surface area contributed by atoms with Gasteiger partial charge in [-0.1, -0.05) is 58.3 Å². The molecule has 0 heterocycles. The fourth-order valence-corrected chi connectivity index (χ4v) is 2.77. The van der Waals surface area contributed by atoms with Crippen LogP contribution in [0.15, 0.2) is 16.7 Å². The predicted octanol–water partition coefficient (Wildman–Crippen LogP) is 0.963. The van der Waals surface area contributed by atoms with Gasteiger partial charge in [-0.3, -0.25) is 0 Å². The first kappa shape index (κ1) is 25.1. The summed E-state index contributed by atoms with van der Waals surface area (Å²) in [5, 5.41) is 24.8. The van der Waals surface area contributed by atoms with Crippen LogP contribution in [0.4, 0.5) is 0 Å². The maximum Gasteiger partial charge on any atom is 4.00 e. The van der Waals surface area contributed by atoms with Gasteiger partial charge < -0.3 is 15.3 Å². The largest absolute Gasteiger partial charge is 4.00 e. The van der Waals surface area contributed by atoms with Gasteiger partial charge in [0.05, 0.1) is 0 Å². The van der Waals surface area contributed by atoms with Crippen molar-refractivity contribution in [2.75, 3.05) is 21.3 Å². The van der Waals surface area contributed by atoms with Crippen LogP contribution in [0.5, 0.6) is 0 Å². The summed E-state index contributed by atoms with van der Waals surface area (Å²) in [6, 6.07) is 0. The van der Waals surface area contributed by atoms with E-state index in [9.17, 15) is 0 Å². The summed E-state index contributed by atoms with van der Waals surface area (Å²) in [6.45, 7) is 4.58. The average Bonchev–Trinajstić information content (AvgIpc) is 2.91. The van der Waals surface area contributed by atoms with Crippen LogP contribution in [0.25, 0.3) is 0 Å². The molecule has 1 atom stereocenters. The first-order valence-electron chi connectivity index (χ1n) is 6.94. The zero-order chi connectivity index (χ0) is 15.3. The Kier molecular flexibility index (Phi) is 21.5. The van der Waals surface area contributed by atoms with E-state index in [0.717, 1.165) is 27.2 Å². The number of rotatable bonds is 2. The molecule has 114 valence electrons. The second-order valence-corrected chi connectivity index (χ2v) is 4.18. The molecule has 2 rings (SSSR count). The van der Waals surface area contributed by atoms with Gasteiger partial charge in [-0.25, -0.2) is 17.2 Å². The van der Waals surface area contributed by atoms with Crippen molar-refractivity contribution in [1.82, 2.24) is 0 Å². The fraction of sp³-hybridized carbons (Fsp3) is 0.750. The normalized spacial score (nSPS) is 18.8. The minimum absolute atomic E-state index is 0. The molecule has 0 saturated heterocycles. The van der Waals surface area contributed by atoms with Gasteiger partial charge in [0.25, 0.3) is 0 Å². The predicted molar refractivity (Wildman–Crippen MR) is 74.1 cm³/mol. The summed E-state index contributed by atoms with van der Waals surface area (Å²) in [7, 11) is 2.25. The Morgan fingerprint density at radius 2 is 1.45 bits per heavy atom. The minimum Gasteiger partial charge on any atom is -0.857 e. The van der Waals surface area contributed by atoms with Crippen LogP contribution in [-0.2, 0) is 21.7 Å². The maximum atomic E-state index is 8.25. The molecule has 0 bridgehead atoms. The average molecular weight is 316 g/mol. The second kappa shape index (κ2) is 17.1. The summed E-state index contributed by atoms with van der Waals surface area (Å²) in [5.74, 6) is 0.778. The molecule has 4 heteroatoms. The van der Waals surface area contributed by atoms with Crippen molar-refractivity contribution in [3.8, 4) is 0 Å². The molecule has 0 N–H and O–H groups in total. The van der Waals surface area contributed by atoms with Crippen LogP contribution >= 0.6 is 0 Å². The van der Waals surface area contributed by atoms with E-state index in [0.29, 0.717) is 0 Å². The quantitative estimate of drug-likeness (QED) is 0.563. The van der Waals surface area contributed by atoms with Gasteiger partial charge in [-0.05, 0) is 0 Å². The molecule has 0 spiro atoms. The molecule has 0 radical (unpaired) electrons. The Bertz CT molecular complexity index is 273. The minimum atomic E-state index is 0. The van der Waals surface area contributed by atoms with Gasteiger partial charge in [0.2, 0.25) is 0 Å². The van der Waals surface area contributed by atoms with E-state index in [2.05, 4.69) is 19.9 Å². The fourth-order valence-electron chi connectivity index (χ4n) is 2.77. The van der Waals surface area contributed by atoms with Crippen molar-refractivity contribution in [2.24, 2.45) is 5.92 Å². The smallest absolute Gasteiger partial charge is 0.857 e. The monoisotopic (exact) mass is 316 g/mol. The molecule has 2 aliphatic rings. The Balaban J connectivity index is -0.000000368. The van der Waals surface area contributed by atoms with Gasteiger partial charge in [-0.15, -0.1) is 0 Å². The molecule has 2 aliphatic carbocycles. The molecular formula is C16H28O3Ti. The SMILES string of the molecule is CCC1=[C-]C2=C(CCCC2)C1CC.C[O-].C[O-].C[O-].[Ti+4]. The van der Waals surface area contributed by atoms with Gasteiger partial charge in [0, 0.05) is 0 Å². The summed E-state index contributed by atoms with van der Waals surface area (Å²) in [4.78, 5) is 0. The van der Waals surface area contributed by atoms with E-state index in [1.807, 2.05) is 0 Å². The van der Waals surface area contributed by atoms with Gasteiger partial charge in [0.1, 0.15) is 0 Å². The van der Waals surface area contributed by atoms with E-state index in [1.54, 1.807) is 16.7 Å². The van der Waals surface area contributed by atoms with Crippen LogP contribution in [-0.4, -0.2) is 21.3 Å². The molecule has 0 aliphatic heterocycles. The molecule has 0 aromatic heterocycles. The second-order valence-electron chi connectivity index (χ2n) is 4.18. The summed E-state index contributed by atoms with van der Waals surface area (Å²) in [5.41, 5.74) is 4.90. The Hall–Kier alpha value is 0.0743. The molecule has 3 nitrogen and oxygen atoms in total. The molecule has 0 aromatic carbocycles. The van der Waals surface area contributed by atoms with Crippen LogP contribution < -0.4 is 15.3 Å². The standard InChI is InChI=1S/C13H19.3CH3O.Ti/c1-3-10-9-11-7-5-6-8-13(11)12(10)4-2;3*1-2;/h12H,3-8H2,1-2H3;3*1H3;/q4*-1;+4. The summed E-state index contributed by atoms with van der Waals surface area (Å²) < 4.78 is 0. The van der Waals surface area contributed by atoms with E-state index in [-0.39, 0.29) is 21.7 Å². The summed E-state index contributed by atoms with van der Waals surface area (Å²) >= 11 is 0. The molecule has 0 aromatic rings. The van der Waals surface area contributed by atoms with Crippen molar-refractivity contribution in [1.29, 1.82) is 0 Å². The van der Waals surface area contributed by atoms with Crippen LogP contribution in [0.2, 0.25) is 0 Å². The molecule has 0 amide bonds. The third-order valence-corrected chi connectivity index (χ3v) is 3.45. The maximum absolute atomic E-state index is 8.25. The van der Waals surface area contributed by atoms with Crippen molar-refractivity contribution in [3.05, 3.63) is 22.8 Å². The van der Waals surface area contributed by atoms with Gasteiger partial charge in [-0.2, -0.15) is 26.9 Å². The zero-order valence-electron chi connectivity index (χ0n) is 13.5. The third-order valence-electron chi connectivity index (χ3n) is 3.45. The molecule has 1 unspecified atom stereocenters. The first-order valence-corrected chi connectivity index (χ1v) is 6.94. The van der Waals surface area contributed by atoms with Crippen LogP contribution in [0, 0.1) is 12.0 Å². The molecular weight excluding hydrogens is 288 g/mol. The Morgan fingerprint density at radius 1 is 0.950 bits per heavy atom. The van der Waals surface area contributed by atoms with Crippen LogP contribution in [0.3, 0.4) is 0 Å². The number of hydrogen-bond acceptors (Lipinski definition) is 3.